The molecule has 8 heteroatoms. The van der Waals surface area contributed by atoms with Crippen LogP contribution in [0, 0.1) is 5.92 Å². The van der Waals surface area contributed by atoms with Crippen molar-refractivity contribution in [2.75, 3.05) is 33.8 Å². The number of carbonyl (C=O) groups excluding carboxylic acids is 2. The van der Waals surface area contributed by atoms with Crippen molar-refractivity contribution in [3.8, 4) is 5.75 Å². The van der Waals surface area contributed by atoms with E-state index in [1.165, 1.54) is 16.7 Å². The zero-order valence-corrected chi connectivity index (χ0v) is 25.1. The molecule has 0 fully saturated rings. The maximum atomic E-state index is 11.1. The summed E-state index contributed by atoms with van der Waals surface area (Å²) < 4.78 is 5.28. The zero-order valence-electron chi connectivity index (χ0n) is 25.1. The standard InChI is InChI=1S/C33H45N5O2.CH2O/c1-27(38(25-33(34)35-26-39)21-11-10-14-28-12-6-4-7-13-28)31(22-29-15-8-5-9-16-29)24-37(2)36-23-30-17-19-32(40-3)20-18-30;1-2/h4-9,12-13,15-20,26,31,33,36H,1,10-11,14,21-25,34H2,2-3H3,(H,35,39);1H2/t31-,33?;/m1./s1. The summed E-state index contributed by atoms with van der Waals surface area (Å²) >= 11 is 0. The van der Waals surface area contributed by atoms with Crippen molar-refractivity contribution < 1.29 is 14.3 Å². The first-order valence-electron chi connectivity index (χ1n) is 14.3. The van der Waals surface area contributed by atoms with Gasteiger partial charge in [-0.2, -0.15) is 0 Å². The van der Waals surface area contributed by atoms with E-state index in [9.17, 15) is 4.79 Å². The van der Waals surface area contributed by atoms with Crippen LogP contribution in [-0.2, 0) is 29.0 Å². The summed E-state index contributed by atoms with van der Waals surface area (Å²) in [5, 5.41) is 4.84. The van der Waals surface area contributed by atoms with Gasteiger partial charge in [0.25, 0.3) is 0 Å². The van der Waals surface area contributed by atoms with E-state index in [0.717, 1.165) is 50.2 Å². The monoisotopic (exact) mass is 573 g/mol. The highest BCUT2D eigenvalue weighted by atomic mass is 16.5. The molecule has 1 unspecified atom stereocenters. The summed E-state index contributed by atoms with van der Waals surface area (Å²) in [6, 6.07) is 29.2. The smallest absolute Gasteiger partial charge is 0.208 e. The van der Waals surface area contributed by atoms with E-state index in [1.807, 2.05) is 31.1 Å². The van der Waals surface area contributed by atoms with Crippen molar-refractivity contribution in [2.24, 2.45) is 11.7 Å². The molecule has 0 aliphatic rings. The Labute approximate surface area is 251 Å². The van der Waals surface area contributed by atoms with Crippen LogP contribution in [0.4, 0.5) is 0 Å². The molecule has 0 aliphatic carbocycles. The first kappa shape index (κ1) is 34.2. The highest BCUT2D eigenvalue weighted by Gasteiger charge is 2.22. The zero-order chi connectivity index (χ0) is 30.6. The average molecular weight is 574 g/mol. The molecule has 0 saturated heterocycles. The lowest BCUT2D eigenvalue weighted by Gasteiger charge is -2.35. The molecule has 3 aromatic rings. The third-order valence-corrected chi connectivity index (χ3v) is 7.09. The fourth-order valence-corrected chi connectivity index (χ4v) is 4.82. The van der Waals surface area contributed by atoms with E-state index < -0.39 is 6.17 Å². The van der Waals surface area contributed by atoms with Crippen molar-refractivity contribution in [2.45, 2.75) is 38.4 Å². The number of methoxy groups -OCH3 is 1. The molecule has 0 aliphatic heterocycles. The van der Waals surface area contributed by atoms with Crippen LogP contribution in [-0.4, -0.2) is 63.1 Å². The molecule has 0 aromatic heterocycles. The molecule has 0 bridgehead atoms. The summed E-state index contributed by atoms with van der Waals surface area (Å²) in [5.41, 5.74) is 14.6. The molecule has 0 radical (unpaired) electrons. The topological polar surface area (TPSA) is 99.9 Å². The van der Waals surface area contributed by atoms with Crippen LogP contribution in [0.25, 0.3) is 0 Å². The SMILES string of the molecule is C=C([C@H](Cc1ccccc1)CN(C)NCc1ccc(OC)cc1)N(CCCCc1ccccc1)CC(N)NC=O.C=O. The summed E-state index contributed by atoms with van der Waals surface area (Å²) in [4.78, 5) is 21.3. The van der Waals surface area contributed by atoms with E-state index in [0.29, 0.717) is 19.5 Å². The molecule has 2 atom stereocenters. The molecular formula is C34H47N5O3. The lowest BCUT2D eigenvalue weighted by Crippen LogP contribution is -2.48. The van der Waals surface area contributed by atoms with E-state index >= 15 is 0 Å². The van der Waals surface area contributed by atoms with Crippen LogP contribution in [0.2, 0.25) is 0 Å². The fraction of sp³-hybridized carbons (Fsp3) is 0.353. The predicted molar refractivity (Wildman–Crippen MR) is 170 cm³/mol. The van der Waals surface area contributed by atoms with Crippen molar-refractivity contribution in [3.63, 3.8) is 0 Å². The Bertz CT molecular complexity index is 1140. The van der Waals surface area contributed by atoms with E-state index in [1.54, 1.807) is 7.11 Å². The van der Waals surface area contributed by atoms with Gasteiger partial charge in [0.05, 0.1) is 19.8 Å². The van der Waals surface area contributed by atoms with Gasteiger partial charge in [0, 0.05) is 38.3 Å². The molecule has 3 rings (SSSR count). The van der Waals surface area contributed by atoms with Gasteiger partial charge in [-0.25, -0.2) is 5.01 Å². The van der Waals surface area contributed by atoms with Crippen LogP contribution >= 0.6 is 0 Å². The highest BCUT2D eigenvalue weighted by molar-refractivity contribution is 5.46. The number of rotatable bonds is 19. The Morgan fingerprint density at radius 3 is 2.12 bits per heavy atom. The predicted octanol–water partition coefficient (Wildman–Crippen LogP) is 4.18. The number of nitrogens with zero attached hydrogens (tertiary/aromatic N) is 2. The summed E-state index contributed by atoms with van der Waals surface area (Å²) in [7, 11) is 3.74. The van der Waals surface area contributed by atoms with Gasteiger partial charge in [-0.1, -0.05) is 79.4 Å². The normalized spacial score (nSPS) is 12.0. The summed E-state index contributed by atoms with van der Waals surface area (Å²) in [6.45, 7) is 9.39. The van der Waals surface area contributed by atoms with Crippen LogP contribution in [0.1, 0.15) is 29.5 Å². The Balaban J connectivity index is 0.00000301. The minimum absolute atomic E-state index is 0.147. The van der Waals surface area contributed by atoms with E-state index in [-0.39, 0.29) is 5.92 Å². The number of aryl methyl sites for hydroxylation is 1. The third-order valence-electron chi connectivity index (χ3n) is 7.09. The van der Waals surface area contributed by atoms with E-state index in [4.69, 9.17) is 15.3 Å². The second-order valence-electron chi connectivity index (χ2n) is 10.2. The van der Waals surface area contributed by atoms with Gasteiger partial charge in [0.2, 0.25) is 6.41 Å². The van der Waals surface area contributed by atoms with Crippen LogP contribution < -0.4 is 21.2 Å². The molecular weight excluding hydrogens is 526 g/mol. The van der Waals surface area contributed by atoms with Gasteiger partial charge < -0.3 is 25.5 Å². The largest absolute Gasteiger partial charge is 0.497 e. The second kappa shape index (κ2) is 20.0. The molecule has 0 spiro atoms. The Hall–Kier alpha value is -3.98. The Morgan fingerprint density at radius 1 is 0.905 bits per heavy atom. The fourth-order valence-electron chi connectivity index (χ4n) is 4.82. The second-order valence-corrected chi connectivity index (χ2v) is 10.2. The van der Waals surface area contributed by atoms with Crippen molar-refractivity contribution >= 4 is 13.2 Å². The first-order chi connectivity index (χ1) is 20.5. The summed E-state index contributed by atoms with van der Waals surface area (Å²) in [6.07, 6.45) is 4.16. The maximum Gasteiger partial charge on any atom is 0.208 e. The summed E-state index contributed by atoms with van der Waals surface area (Å²) in [5.74, 6) is 0.996. The Kier molecular flexibility index (Phi) is 16.3. The van der Waals surface area contributed by atoms with Gasteiger partial charge >= 0.3 is 0 Å². The van der Waals surface area contributed by atoms with Gasteiger partial charge in [-0.3, -0.25) is 10.2 Å². The number of hydrogen-bond donors (Lipinski definition) is 3. The lowest BCUT2D eigenvalue weighted by atomic mass is 9.95. The quantitative estimate of drug-likeness (QED) is 0.0857. The number of amides is 1. The van der Waals surface area contributed by atoms with Crippen LogP contribution in [0.3, 0.4) is 0 Å². The molecule has 1 amide bonds. The molecule has 0 heterocycles. The first-order valence-corrected chi connectivity index (χ1v) is 14.3. The highest BCUT2D eigenvalue weighted by Crippen LogP contribution is 2.22. The maximum absolute atomic E-state index is 11.1. The molecule has 8 nitrogen and oxygen atoms in total. The third kappa shape index (κ3) is 12.7. The van der Waals surface area contributed by atoms with Gasteiger partial charge in [0.1, 0.15) is 12.5 Å². The number of nitrogens with two attached hydrogens (primary N) is 1. The van der Waals surface area contributed by atoms with Crippen molar-refractivity contribution in [3.05, 3.63) is 114 Å². The van der Waals surface area contributed by atoms with Crippen molar-refractivity contribution in [1.29, 1.82) is 0 Å². The molecule has 4 N–H and O–H groups in total. The minimum atomic E-state index is -0.466. The number of benzene rings is 3. The number of ether oxygens (including phenoxy) is 1. The lowest BCUT2D eigenvalue weighted by molar-refractivity contribution is -0.110. The van der Waals surface area contributed by atoms with Crippen LogP contribution in [0.5, 0.6) is 5.75 Å². The number of nitrogens with one attached hydrogen (secondary N) is 2. The number of unbranched alkanes of at least 4 members (excludes halogenated alkanes) is 1. The van der Waals surface area contributed by atoms with Crippen molar-refractivity contribution in [1.82, 2.24) is 20.7 Å². The minimum Gasteiger partial charge on any atom is -0.497 e. The number of hydrogen-bond acceptors (Lipinski definition) is 7. The Morgan fingerprint density at radius 2 is 1.52 bits per heavy atom. The average Bonchev–Trinajstić information content (AvgIpc) is 3.03. The molecule has 226 valence electrons. The van der Waals surface area contributed by atoms with Gasteiger partial charge in [-0.05, 0) is 54.5 Å². The van der Waals surface area contributed by atoms with Crippen LogP contribution in [0.15, 0.2) is 97.2 Å². The van der Waals surface area contributed by atoms with Gasteiger partial charge in [-0.15, -0.1) is 0 Å². The molecule has 0 saturated carbocycles. The molecule has 3 aromatic carbocycles. The number of carbonyl (C=O) groups is 2. The number of hydrazine groups is 1. The molecule has 42 heavy (non-hydrogen) atoms. The van der Waals surface area contributed by atoms with Gasteiger partial charge in [0.15, 0.2) is 0 Å². The van der Waals surface area contributed by atoms with E-state index in [2.05, 4.69) is 94.9 Å².